The van der Waals surface area contributed by atoms with Crippen molar-refractivity contribution in [2.75, 3.05) is 0 Å². The van der Waals surface area contributed by atoms with Crippen molar-refractivity contribution in [3.63, 3.8) is 0 Å². The van der Waals surface area contributed by atoms with Crippen molar-refractivity contribution >= 4 is 27.3 Å². The highest BCUT2D eigenvalue weighted by atomic mass is 32.1. The summed E-state index contributed by atoms with van der Waals surface area (Å²) in [5, 5.41) is 11.0. The molecule has 0 atom stereocenters. The maximum Gasteiger partial charge on any atom is 0.194 e. The molecule has 0 fully saturated rings. The highest BCUT2D eigenvalue weighted by Crippen LogP contribution is 2.21. The Balaban J connectivity index is 2.46. The zero-order chi connectivity index (χ0) is 9.54. The Morgan fingerprint density at radius 1 is 1.43 bits per heavy atom. The number of aromatic nitrogens is 2. The van der Waals surface area contributed by atoms with Crippen molar-refractivity contribution in [2.24, 2.45) is 0 Å². The summed E-state index contributed by atoms with van der Waals surface area (Å²) in [6.45, 7) is 0.0767. The maximum absolute atomic E-state index is 9.03. The smallest absolute Gasteiger partial charge is 0.194 e. The molecule has 0 aliphatic rings. The van der Waals surface area contributed by atoms with Crippen molar-refractivity contribution in [3.05, 3.63) is 35.3 Å². The fourth-order valence-corrected chi connectivity index (χ4v) is 2.32. The van der Waals surface area contributed by atoms with Gasteiger partial charge in [-0.3, -0.25) is 4.40 Å². The van der Waals surface area contributed by atoms with E-state index in [1.807, 2.05) is 34.2 Å². The third kappa shape index (κ3) is 0.981. The van der Waals surface area contributed by atoms with Gasteiger partial charge in [0, 0.05) is 11.6 Å². The van der Waals surface area contributed by atoms with Gasteiger partial charge in [0.15, 0.2) is 4.96 Å². The van der Waals surface area contributed by atoms with Gasteiger partial charge in [0.2, 0.25) is 0 Å². The van der Waals surface area contributed by atoms with Crippen LogP contribution < -0.4 is 0 Å². The van der Waals surface area contributed by atoms with E-state index in [1.165, 1.54) is 0 Å². The number of hydrogen-bond donors (Lipinski definition) is 1. The molecule has 0 saturated heterocycles. The summed E-state index contributed by atoms with van der Waals surface area (Å²) in [4.78, 5) is 5.45. The topological polar surface area (TPSA) is 37.5 Å². The molecule has 0 amide bonds. The second-order valence-electron chi connectivity index (χ2n) is 3.15. The number of rotatable bonds is 1. The molecule has 1 N–H and O–H groups in total. The average Bonchev–Trinajstić information content (AvgIpc) is 2.76. The SMILES string of the molecule is OCc1ccc2nc3sccn3c2c1. The molecule has 70 valence electrons. The molecule has 3 nitrogen and oxygen atoms in total. The van der Waals surface area contributed by atoms with Crippen LogP contribution in [0.1, 0.15) is 5.56 Å². The Hall–Kier alpha value is -1.39. The van der Waals surface area contributed by atoms with Crippen LogP contribution in [0.3, 0.4) is 0 Å². The first kappa shape index (κ1) is 7.96. The molecule has 1 aromatic carbocycles. The lowest BCUT2D eigenvalue weighted by Gasteiger charge is -1.95. The fourth-order valence-electron chi connectivity index (χ4n) is 1.59. The molecule has 2 heterocycles. The molecular formula is C10H8N2OS. The number of aliphatic hydroxyl groups excluding tert-OH is 1. The van der Waals surface area contributed by atoms with E-state index in [0.29, 0.717) is 0 Å². The molecule has 0 spiro atoms. The lowest BCUT2D eigenvalue weighted by atomic mass is 10.2. The number of benzene rings is 1. The van der Waals surface area contributed by atoms with Crippen LogP contribution in [0, 0.1) is 0 Å². The van der Waals surface area contributed by atoms with Gasteiger partial charge in [0.25, 0.3) is 0 Å². The number of hydrogen-bond acceptors (Lipinski definition) is 3. The van der Waals surface area contributed by atoms with Crippen molar-refractivity contribution in [2.45, 2.75) is 6.61 Å². The van der Waals surface area contributed by atoms with E-state index in [4.69, 9.17) is 5.11 Å². The van der Waals surface area contributed by atoms with Crippen LogP contribution >= 0.6 is 11.3 Å². The summed E-state index contributed by atoms with van der Waals surface area (Å²) in [6, 6.07) is 5.82. The molecule has 0 radical (unpaired) electrons. The molecule has 2 aromatic heterocycles. The molecule has 0 aliphatic carbocycles. The number of fused-ring (bicyclic) bond motifs is 3. The third-order valence-corrected chi connectivity index (χ3v) is 3.04. The quantitative estimate of drug-likeness (QED) is 0.658. The molecule has 0 bridgehead atoms. The third-order valence-electron chi connectivity index (χ3n) is 2.29. The Labute approximate surface area is 84.3 Å². The molecule has 0 unspecified atom stereocenters. The van der Waals surface area contributed by atoms with E-state index < -0.39 is 0 Å². The Morgan fingerprint density at radius 2 is 2.36 bits per heavy atom. The predicted molar refractivity (Wildman–Crippen MR) is 56.5 cm³/mol. The monoisotopic (exact) mass is 204 g/mol. The van der Waals surface area contributed by atoms with Crippen LogP contribution in [0.15, 0.2) is 29.8 Å². The van der Waals surface area contributed by atoms with E-state index in [2.05, 4.69) is 4.98 Å². The minimum absolute atomic E-state index is 0.0767. The van der Waals surface area contributed by atoms with Crippen LogP contribution in [-0.2, 0) is 6.61 Å². The number of nitrogens with zero attached hydrogens (tertiary/aromatic N) is 2. The zero-order valence-electron chi connectivity index (χ0n) is 7.34. The minimum atomic E-state index is 0.0767. The lowest BCUT2D eigenvalue weighted by Crippen LogP contribution is -1.83. The summed E-state index contributed by atoms with van der Waals surface area (Å²) < 4.78 is 2.04. The Kier molecular flexibility index (Phi) is 1.59. The first-order valence-corrected chi connectivity index (χ1v) is 5.21. The van der Waals surface area contributed by atoms with Gasteiger partial charge >= 0.3 is 0 Å². The molecule has 14 heavy (non-hydrogen) atoms. The van der Waals surface area contributed by atoms with Crippen LogP contribution in [-0.4, -0.2) is 14.5 Å². The molecular weight excluding hydrogens is 196 g/mol. The first-order valence-electron chi connectivity index (χ1n) is 4.33. The number of thiazole rings is 1. The zero-order valence-corrected chi connectivity index (χ0v) is 8.16. The molecule has 4 heteroatoms. The van der Waals surface area contributed by atoms with Gasteiger partial charge in [0.1, 0.15) is 0 Å². The minimum Gasteiger partial charge on any atom is -0.392 e. The molecule has 3 aromatic rings. The standard InChI is InChI=1S/C10H8N2OS/c13-6-7-1-2-8-9(5-7)12-3-4-14-10(12)11-8/h1-5,13H,6H2. The summed E-state index contributed by atoms with van der Waals surface area (Å²) in [7, 11) is 0. The summed E-state index contributed by atoms with van der Waals surface area (Å²) >= 11 is 1.62. The second kappa shape index (κ2) is 2.80. The van der Waals surface area contributed by atoms with E-state index >= 15 is 0 Å². The van der Waals surface area contributed by atoms with E-state index in [-0.39, 0.29) is 6.61 Å². The van der Waals surface area contributed by atoms with Crippen LogP contribution in [0.25, 0.3) is 16.0 Å². The molecule has 0 saturated carbocycles. The van der Waals surface area contributed by atoms with Gasteiger partial charge in [0.05, 0.1) is 17.6 Å². The van der Waals surface area contributed by atoms with Gasteiger partial charge < -0.3 is 5.11 Å². The van der Waals surface area contributed by atoms with Crippen molar-refractivity contribution in [1.29, 1.82) is 0 Å². The second-order valence-corrected chi connectivity index (χ2v) is 4.02. The Morgan fingerprint density at radius 3 is 3.21 bits per heavy atom. The van der Waals surface area contributed by atoms with E-state index in [0.717, 1.165) is 21.6 Å². The molecule has 3 rings (SSSR count). The van der Waals surface area contributed by atoms with Gasteiger partial charge in [-0.05, 0) is 17.7 Å². The summed E-state index contributed by atoms with van der Waals surface area (Å²) in [6.07, 6.45) is 2.00. The number of imidazole rings is 1. The lowest BCUT2D eigenvalue weighted by molar-refractivity contribution is 0.282. The fraction of sp³-hybridized carbons (Fsp3) is 0.100. The van der Waals surface area contributed by atoms with Gasteiger partial charge in [-0.15, -0.1) is 11.3 Å². The van der Waals surface area contributed by atoms with Gasteiger partial charge in [-0.25, -0.2) is 4.98 Å². The normalized spacial score (nSPS) is 11.5. The predicted octanol–water partition coefficient (Wildman–Crippen LogP) is 2.04. The molecule has 0 aliphatic heterocycles. The average molecular weight is 204 g/mol. The van der Waals surface area contributed by atoms with Crippen LogP contribution in [0.5, 0.6) is 0 Å². The summed E-state index contributed by atoms with van der Waals surface area (Å²) in [5.41, 5.74) is 2.97. The highest BCUT2D eigenvalue weighted by molar-refractivity contribution is 7.15. The van der Waals surface area contributed by atoms with Crippen molar-refractivity contribution in [3.8, 4) is 0 Å². The maximum atomic E-state index is 9.03. The summed E-state index contributed by atoms with van der Waals surface area (Å²) in [5.74, 6) is 0. The van der Waals surface area contributed by atoms with Crippen LogP contribution in [0.2, 0.25) is 0 Å². The van der Waals surface area contributed by atoms with Crippen LogP contribution in [0.4, 0.5) is 0 Å². The van der Waals surface area contributed by atoms with E-state index in [9.17, 15) is 0 Å². The highest BCUT2D eigenvalue weighted by Gasteiger charge is 2.04. The van der Waals surface area contributed by atoms with Crippen molar-refractivity contribution < 1.29 is 5.11 Å². The van der Waals surface area contributed by atoms with Gasteiger partial charge in [-0.2, -0.15) is 0 Å². The largest absolute Gasteiger partial charge is 0.392 e. The number of aliphatic hydroxyl groups is 1. The Bertz CT molecular complexity index is 596. The van der Waals surface area contributed by atoms with E-state index in [1.54, 1.807) is 11.3 Å². The van der Waals surface area contributed by atoms with Gasteiger partial charge in [-0.1, -0.05) is 6.07 Å². The van der Waals surface area contributed by atoms with Crippen molar-refractivity contribution in [1.82, 2.24) is 9.38 Å². The first-order chi connectivity index (χ1) is 6.88.